The minimum Gasteiger partial charge on any atom is -0.478 e. The molecule has 152 valence electrons. The Kier molecular flexibility index (Phi) is 23.2. The van der Waals surface area contributed by atoms with Crippen molar-refractivity contribution in [2.24, 2.45) is 0 Å². The molecule has 0 bridgehead atoms. The largest absolute Gasteiger partial charge is 0.478 e. The van der Waals surface area contributed by atoms with Gasteiger partial charge in [-0.2, -0.15) is 0 Å². The topological polar surface area (TPSA) is 141 Å². The van der Waals surface area contributed by atoms with Crippen LogP contribution >= 0.6 is 0 Å². The Morgan fingerprint density at radius 1 is 0.808 bits per heavy atom. The third-order valence-electron chi connectivity index (χ3n) is 2.58. The van der Waals surface area contributed by atoms with Crippen molar-refractivity contribution in [1.82, 2.24) is 0 Å². The molecule has 0 aromatic heterocycles. The molecule has 8 heteroatoms. The molecule has 26 heavy (non-hydrogen) atoms. The van der Waals surface area contributed by atoms with Crippen molar-refractivity contribution in [3.63, 3.8) is 0 Å². The second-order valence-electron chi connectivity index (χ2n) is 5.24. The summed E-state index contributed by atoms with van der Waals surface area (Å²) in [4.78, 5) is 31.8. The van der Waals surface area contributed by atoms with Crippen molar-refractivity contribution < 1.29 is 39.5 Å². The van der Waals surface area contributed by atoms with Crippen LogP contribution in [0.25, 0.3) is 0 Å². The Labute approximate surface area is 154 Å². The summed E-state index contributed by atoms with van der Waals surface area (Å²) in [5.74, 6) is -1.14. The van der Waals surface area contributed by atoms with Crippen LogP contribution in [0.1, 0.15) is 46.0 Å². The van der Waals surface area contributed by atoms with E-state index in [1.807, 2.05) is 0 Å². The number of esters is 1. The van der Waals surface area contributed by atoms with Crippen LogP contribution in [-0.2, 0) is 19.1 Å². The van der Waals surface area contributed by atoms with Crippen LogP contribution in [0.4, 0.5) is 0 Å². The predicted molar refractivity (Wildman–Crippen MR) is 97.6 cm³/mol. The number of hydrogen-bond donors (Lipinski definition) is 4. The Hall–Kier alpha value is -2.03. The van der Waals surface area contributed by atoms with E-state index in [0.717, 1.165) is 12.8 Å². The van der Waals surface area contributed by atoms with Gasteiger partial charge in [-0.3, -0.25) is 9.59 Å². The van der Waals surface area contributed by atoms with Gasteiger partial charge in [-0.05, 0) is 32.3 Å². The fourth-order valence-electron chi connectivity index (χ4n) is 1.18. The van der Waals surface area contributed by atoms with Crippen LogP contribution in [-0.4, -0.2) is 64.6 Å². The fraction of sp³-hybridized carbons (Fsp3) is 0.611. The minimum absolute atomic E-state index is 0.0625. The number of carbonyl (C=O) groups excluding carboxylic acids is 2. The number of carbonyl (C=O) groups is 3. The highest BCUT2D eigenvalue weighted by atomic mass is 16.5. The van der Waals surface area contributed by atoms with Gasteiger partial charge in [-0.15, -0.1) is 0 Å². The lowest BCUT2D eigenvalue weighted by Gasteiger charge is -2.02. The van der Waals surface area contributed by atoms with E-state index >= 15 is 0 Å². The summed E-state index contributed by atoms with van der Waals surface area (Å²) in [6.45, 7) is 9.55. The minimum atomic E-state index is -0.935. The average molecular weight is 376 g/mol. The second kappa shape index (κ2) is 21.0. The number of carboxylic acids is 1. The zero-order valence-corrected chi connectivity index (χ0v) is 15.7. The first kappa shape index (κ1) is 28.8. The lowest BCUT2D eigenvalue weighted by Crippen LogP contribution is -2.08. The van der Waals surface area contributed by atoms with E-state index in [4.69, 9.17) is 20.4 Å². The highest BCUT2D eigenvalue weighted by molar-refractivity contribution is 5.93. The summed E-state index contributed by atoms with van der Waals surface area (Å²) in [6, 6.07) is 0. The van der Waals surface area contributed by atoms with Gasteiger partial charge in [0.2, 0.25) is 0 Å². The van der Waals surface area contributed by atoms with Crippen LogP contribution in [0.3, 0.4) is 0 Å². The van der Waals surface area contributed by atoms with Gasteiger partial charge in [0.15, 0.2) is 5.78 Å². The van der Waals surface area contributed by atoms with Crippen LogP contribution in [0.15, 0.2) is 24.3 Å². The van der Waals surface area contributed by atoms with Crippen molar-refractivity contribution in [2.75, 3.05) is 26.4 Å². The summed E-state index contributed by atoms with van der Waals surface area (Å²) in [5.41, 5.74) is 0.761. The smallest absolute Gasteiger partial charge is 0.330 e. The number of unbranched alkanes of at least 4 members (excludes halogenated alkanes) is 2. The predicted octanol–water partition coefficient (Wildman–Crippen LogP) is 1.24. The van der Waals surface area contributed by atoms with Gasteiger partial charge in [0.25, 0.3) is 0 Å². The van der Waals surface area contributed by atoms with E-state index in [1.165, 1.54) is 6.92 Å². The standard InChI is InChI=1S/C12H20O4.C4H6O2.C2H6O2/c1-10(2)11(14)6-4-3-5-7-12(15)16-9-8-13;1-3(2)4(5)6;3-1-2-4/h13H,1,3-9H2,2H3;1H2,2H3,(H,5,6);3-4H,1-2H2. The quantitative estimate of drug-likeness (QED) is 0.240. The van der Waals surface area contributed by atoms with Crippen molar-refractivity contribution >= 4 is 17.7 Å². The molecule has 0 saturated carbocycles. The summed E-state index contributed by atoms with van der Waals surface area (Å²) in [7, 11) is 0. The summed E-state index contributed by atoms with van der Waals surface area (Å²) in [5, 5.41) is 31.6. The number of aliphatic hydroxyl groups is 3. The number of aliphatic carboxylic acids is 1. The van der Waals surface area contributed by atoms with E-state index in [9.17, 15) is 14.4 Å². The van der Waals surface area contributed by atoms with Crippen molar-refractivity contribution in [3.05, 3.63) is 24.3 Å². The van der Waals surface area contributed by atoms with Crippen LogP contribution < -0.4 is 0 Å². The van der Waals surface area contributed by atoms with Crippen LogP contribution in [0.2, 0.25) is 0 Å². The van der Waals surface area contributed by atoms with E-state index in [0.29, 0.717) is 24.8 Å². The Balaban J connectivity index is -0.000000434. The molecule has 0 rings (SSSR count). The van der Waals surface area contributed by atoms with Crippen LogP contribution in [0, 0.1) is 0 Å². The second-order valence-corrected chi connectivity index (χ2v) is 5.24. The Bertz CT molecular complexity index is 415. The first-order chi connectivity index (χ1) is 12.1. The van der Waals surface area contributed by atoms with Gasteiger partial charge in [0.05, 0.1) is 19.8 Å². The molecule has 0 aliphatic rings. The Morgan fingerprint density at radius 3 is 1.62 bits per heavy atom. The summed E-state index contributed by atoms with van der Waals surface area (Å²) < 4.78 is 4.69. The molecule has 0 aliphatic heterocycles. The molecule has 0 aromatic rings. The molecule has 0 atom stereocenters. The monoisotopic (exact) mass is 376 g/mol. The van der Waals surface area contributed by atoms with Crippen LogP contribution in [0.5, 0.6) is 0 Å². The van der Waals surface area contributed by atoms with Gasteiger partial charge in [-0.1, -0.05) is 19.6 Å². The van der Waals surface area contributed by atoms with Gasteiger partial charge in [0, 0.05) is 18.4 Å². The molecule has 0 aromatic carbocycles. The Morgan fingerprint density at radius 2 is 1.27 bits per heavy atom. The molecule has 0 spiro atoms. The maximum atomic E-state index is 11.2. The first-order valence-corrected chi connectivity index (χ1v) is 8.19. The number of Topliss-reactive ketones (excluding diaryl/α,β-unsaturated/α-hetero) is 1. The van der Waals surface area contributed by atoms with Crippen molar-refractivity contribution in [3.8, 4) is 0 Å². The molecule has 0 amide bonds. The normalized spacial score (nSPS) is 8.96. The zero-order chi connectivity index (χ0) is 21.0. The number of allylic oxidation sites excluding steroid dienone is 1. The molecule has 0 fully saturated rings. The number of rotatable bonds is 11. The summed E-state index contributed by atoms with van der Waals surface area (Å²) >= 11 is 0. The molecule has 0 heterocycles. The van der Waals surface area contributed by atoms with E-state index in [-0.39, 0.29) is 43.8 Å². The van der Waals surface area contributed by atoms with Gasteiger partial charge < -0.3 is 25.2 Å². The molecule has 0 aliphatic carbocycles. The highest BCUT2D eigenvalue weighted by Crippen LogP contribution is 2.07. The number of carboxylic acid groups (broad SMARTS) is 1. The molecular weight excluding hydrogens is 344 g/mol. The van der Waals surface area contributed by atoms with E-state index in [1.54, 1.807) is 6.92 Å². The lowest BCUT2D eigenvalue weighted by molar-refractivity contribution is -0.144. The molecule has 8 nitrogen and oxygen atoms in total. The first-order valence-electron chi connectivity index (χ1n) is 8.19. The number of aliphatic hydroxyl groups excluding tert-OH is 3. The number of ketones is 1. The molecular formula is C18H32O8. The lowest BCUT2D eigenvalue weighted by atomic mass is 10.1. The number of ether oxygens (including phenoxy) is 1. The molecule has 0 unspecified atom stereocenters. The van der Waals surface area contributed by atoms with Gasteiger partial charge >= 0.3 is 11.9 Å². The number of hydrogen-bond acceptors (Lipinski definition) is 7. The maximum absolute atomic E-state index is 11.2. The van der Waals surface area contributed by atoms with Crippen molar-refractivity contribution in [2.45, 2.75) is 46.0 Å². The van der Waals surface area contributed by atoms with E-state index < -0.39 is 5.97 Å². The fourth-order valence-corrected chi connectivity index (χ4v) is 1.18. The van der Waals surface area contributed by atoms with Gasteiger partial charge in [0.1, 0.15) is 6.61 Å². The van der Waals surface area contributed by atoms with E-state index in [2.05, 4.69) is 17.9 Å². The highest BCUT2D eigenvalue weighted by Gasteiger charge is 2.04. The zero-order valence-electron chi connectivity index (χ0n) is 15.7. The SMILES string of the molecule is C=C(C)C(=O)CCCCCC(=O)OCCO.C=C(C)C(=O)O.OCCO. The molecule has 0 saturated heterocycles. The average Bonchev–Trinajstić information content (AvgIpc) is 2.59. The third-order valence-corrected chi connectivity index (χ3v) is 2.58. The van der Waals surface area contributed by atoms with Crippen molar-refractivity contribution in [1.29, 1.82) is 0 Å². The van der Waals surface area contributed by atoms with Gasteiger partial charge in [-0.25, -0.2) is 4.79 Å². The molecule has 4 N–H and O–H groups in total. The molecule has 0 radical (unpaired) electrons. The third kappa shape index (κ3) is 26.8. The summed E-state index contributed by atoms with van der Waals surface area (Å²) in [6.07, 6.45) is 3.17. The maximum Gasteiger partial charge on any atom is 0.330 e.